The Labute approximate surface area is 282 Å². The molecule has 10 nitrogen and oxygen atoms in total. The number of carbonyl (C=O) groups is 2. The molecule has 0 unspecified atom stereocenters. The number of aliphatic hydroxyl groups excluding tert-OH is 1. The lowest BCUT2D eigenvalue weighted by molar-refractivity contribution is -0.115. The Kier molecular flexibility index (Phi) is 13.1. The van der Waals surface area contributed by atoms with Crippen LogP contribution in [0, 0.1) is 11.7 Å². The molecule has 0 saturated carbocycles. The summed E-state index contributed by atoms with van der Waals surface area (Å²) in [4.78, 5) is 28.7. The molecular formula is C36H46FN3O7S. The lowest BCUT2D eigenvalue weighted by Gasteiger charge is -2.35. The number of hydrogen-bond donors (Lipinski definition) is 2. The van der Waals surface area contributed by atoms with E-state index in [4.69, 9.17) is 9.47 Å². The van der Waals surface area contributed by atoms with E-state index in [1.54, 1.807) is 25.1 Å². The number of fused-ring (bicyclic) bond motifs is 1. The predicted octanol–water partition coefficient (Wildman–Crippen LogP) is 5.12. The molecule has 2 amide bonds. The van der Waals surface area contributed by atoms with E-state index in [0.29, 0.717) is 30.9 Å². The van der Waals surface area contributed by atoms with Crippen molar-refractivity contribution >= 4 is 27.5 Å². The van der Waals surface area contributed by atoms with Gasteiger partial charge in [0.25, 0.3) is 5.91 Å². The van der Waals surface area contributed by atoms with Crippen molar-refractivity contribution in [2.75, 3.05) is 38.7 Å². The SMILES string of the molecule is C[C@@H]1CN([C@H](C)CO)C(=O)c2cc(NC(=O)Cc3ccccc3)ccc2O[C@@H](C)CCCCO[C@@H]1CN(C)S(=O)(=O)c1ccc(F)cc1. The number of anilines is 1. The summed E-state index contributed by atoms with van der Waals surface area (Å²) >= 11 is 0. The van der Waals surface area contributed by atoms with Crippen molar-refractivity contribution in [1.82, 2.24) is 9.21 Å². The van der Waals surface area contributed by atoms with Crippen molar-refractivity contribution in [2.24, 2.45) is 5.92 Å². The number of sulfonamides is 1. The van der Waals surface area contributed by atoms with Gasteiger partial charge in [-0.25, -0.2) is 12.8 Å². The van der Waals surface area contributed by atoms with Crippen LogP contribution in [-0.2, 0) is 26.0 Å². The molecule has 0 bridgehead atoms. The molecule has 260 valence electrons. The van der Waals surface area contributed by atoms with Crippen LogP contribution < -0.4 is 10.1 Å². The van der Waals surface area contributed by atoms with Gasteiger partial charge in [-0.1, -0.05) is 37.3 Å². The number of hydrogen-bond acceptors (Lipinski definition) is 7. The fraction of sp³-hybridized carbons (Fsp3) is 0.444. The van der Waals surface area contributed by atoms with Crippen LogP contribution >= 0.6 is 0 Å². The third-order valence-corrected chi connectivity index (χ3v) is 10.3. The zero-order chi connectivity index (χ0) is 34.8. The Bertz CT molecular complexity index is 1620. The van der Waals surface area contributed by atoms with Crippen molar-refractivity contribution in [3.05, 3.63) is 89.7 Å². The third-order valence-electron chi connectivity index (χ3n) is 8.50. The van der Waals surface area contributed by atoms with E-state index < -0.39 is 33.9 Å². The van der Waals surface area contributed by atoms with Gasteiger partial charge >= 0.3 is 0 Å². The van der Waals surface area contributed by atoms with Crippen LogP contribution in [0.2, 0.25) is 0 Å². The van der Waals surface area contributed by atoms with Gasteiger partial charge < -0.3 is 24.8 Å². The van der Waals surface area contributed by atoms with Gasteiger partial charge in [0.15, 0.2) is 0 Å². The van der Waals surface area contributed by atoms with Crippen molar-refractivity contribution in [1.29, 1.82) is 0 Å². The molecule has 48 heavy (non-hydrogen) atoms. The summed E-state index contributed by atoms with van der Waals surface area (Å²) in [6.45, 7) is 5.70. The number of aliphatic hydroxyl groups is 1. The number of rotatable bonds is 9. The molecule has 2 N–H and O–H groups in total. The van der Waals surface area contributed by atoms with E-state index in [0.717, 1.165) is 24.1 Å². The molecule has 0 fully saturated rings. The summed E-state index contributed by atoms with van der Waals surface area (Å²) in [5.41, 5.74) is 1.52. The normalized spacial score (nSPS) is 20.4. The van der Waals surface area contributed by atoms with Crippen molar-refractivity contribution in [3.63, 3.8) is 0 Å². The zero-order valence-corrected chi connectivity index (χ0v) is 28.8. The Morgan fingerprint density at radius 2 is 1.79 bits per heavy atom. The zero-order valence-electron chi connectivity index (χ0n) is 28.0. The second-order valence-corrected chi connectivity index (χ2v) is 14.5. The van der Waals surface area contributed by atoms with E-state index in [1.807, 2.05) is 44.2 Å². The molecule has 4 atom stereocenters. The smallest absolute Gasteiger partial charge is 0.258 e. The third kappa shape index (κ3) is 9.85. The van der Waals surface area contributed by atoms with Crippen LogP contribution in [0.25, 0.3) is 0 Å². The van der Waals surface area contributed by atoms with Gasteiger partial charge in [-0.3, -0.25) is 9.59 Å². The molecule has 0 aromatic heterocycles. The lowest BCUT2D eigenvalue weighted by atomic mass is 10.0. The maximum Gasteiger partial charge on any atom is 0.258 e. The Morgan fingerprint density at radius 1 is 1.08 bits per heavy atom. The lowest BCUT2D eigenvalue weighted by Crippen LogP contribution is -2.48. The van der Waals surface area contributed by atoms with Gasteiger partial charge in [0.05, 0.1) is 41.7 Å². The predicted molar refractivity (Wildman–Crippen MR) is 182 cm³/mol. The summed E-state index contributed by atoms with van der Waals surface area (Å²) in [7, 11) is -2.51. The minimum atomic E-state index is -3.95. The summed E-state index contributed by atoms with van der Waals surface area (Å²) < 4.78 is 53.9. The van der Waals surface area contributed by atoms with Gasteiger partial charge in [-0.15, -0.1) is 0 Å². The summed E-state index contributed by atoms with van der Waals surface area (Å²) in [5.74, 6) is -1.18. The number of carbonyl (C=O) groups excluding carboxylic acids is 2. The average Bonchev–Trinajstić information content (AvgIpc) is 3.06. The first-order chi connectivity index (χ1) is 22.9. The first-order valence-electron chi connectivity index (χ1n) is 16.3. The van der Waals surface area contributed by atoms with Gasteiger partial charge in [0, 0.05) is 38.3 Å². The van der Waals surface area contributed by atoms with Crippen LogP contribution in [0.3, 0.4) is 0 Å². The fourth-order valence-electron chi connectivity index (χ4n) is 5.59. The number of ether oxygens (including phenoxy) is 2. The Morgan fingerprint density at radius 3 is 2.48 bits per heavy atom. The largest absolute Gasteiger partial charge is 0.490 e. The first-order valence-corrected chi connectivity index (χ1v) is 17.7. The van der Waals surface area contributed by atoms with Crippen LogP contribution in [0.1, 0.15) is 56.0 Å². The van der Waals surface area contributed by atoms with Crippen LogP contribution in [0.4, 0.5) is 10.1 Å². The Balaban J connectivity index is 1.62. The number of nitrogens with one attached hydrogen (secondary N) is 1. The number of nitrogens with zero attached hydrogens (tertiary/aromatic N) is 2. The monoisotopic (exact) mass is 683 g/mol. The van der Waals surface area contributed by atoms with E-state index >= 15 is 0 Å². The first kappa shape index (κ1) is 37.0. The van der Waals surface area contributed by atoms with E-state index in [2.05, 4.69) is 5.32 Å². The maximum atomic E-state index is 14.3. The molecule has 0 radical (unpaired) electrons. The molecular weight excluding hydrogens is 637 g/mol. The standard InChI is InChI=1S/C36H46FN3O7S/c1-25-22-40(26(2)24-41)36(43)32-21-30(38-35(42)20-28-11-6-5-7-12-28)15-18-33(32)47-27(3)10-8-9-19-46-34(25)23-39(4)48(44,45)31-16-13-29(37)14-17-31/h5-7,11-18,21,25-27,34,41H,8-10,19-20,22-24H2,1-4H3,(H,38,42)/t25-,26-,27+,34-/m1/s1. The second-order valence-electron chi connectivity index (χ2n) is 12.5. The van der Waals surface area contributed by atoms with Crippen LogP contribution in [-0.4, -0.2) is 86.1 Å². The highest BCUT2D eigenvalue weighted by molar-refractivity contribution is 7.89. The van der Waals surface area contributed by atoms with Crippen LogP contribution in [0.15, 0.2) is 77.7 Å². The highest BCUT2D eigenvalue weighted by Gasteiger charge is 2.32. The molecule has 3 aromatic rings. The van der Waals surface area contributed by atoms with Gasteiger partial charge in [-0.05, 0) is 81.1 Å². The maximum absolute atomic E-state index is 14.3. The minimum Gasteiger partial charge on any atom is -0.490 e. The van der Waals surface area contributed by atoms with E-state index in [9.17, 15) is 27.5 Å². The van der Waals surface area contributed by atoms with Crippen molar-refractivity contribution < 1.29 is 37.0 Å². The summed E-state index contributed by atoms with van der Waals surface area (Å²) in [6, 6.07) is 18.4. The van der Waals surface area contributed by atoms with Gasteiger partial charge in [-0.2, -0.15) is 4.31 Å². The molecule has 0 saturated heterocycles. The molecule has 4 rings (SSSR count). The van der Waals surface area contributed by atoms with E-state index in [-0.39, 0.29) is 54.5 Å². The van der Waals surface area contributed by atoms with E-state index in [1.165, 1.54) is 28.4 Å². The quantitative estimate of drug-likeness (QED) is 0.321. The van der Waals surface area contributed by atoms with Gasteiger partial charge in [0.2, 0.25) is 15.9 Å². The second kappa shape index (κ2) is 17.0. The fourth-order valence-corrected chi connectivity index (χ4v) is 6.77. The summed E-state index contributed by atoms with van der Waals surface area (Å²) in [6.07, 6.45) is 1.49. The van der Waals surface area contributed by atoms with Gasteiger partial charge in [0.1, 0.15) is 11.6 Å². The molecule has 1 aliphatic rings. The Hall–Kier alpha value is -3.84. The molecule has 3 aromatic carbocycles. The molecule has 1 aliphatic heterocycles. The number of amides is 2. The molecule has 12 heteroatoms. The number of likely N-dealkylation sites (N-methyl/N-ethyl adjacent to an activating group) is 1. The van der Waals surface area contributed by atoms with Crippen molar-refractivity contribution in [2.45, 2.75) is 69.6 Å². The molecule has 1 heterocycles. The number of benzene rings is 3. The van der Waals surface area contributed by atoms with Crippen molar-refractivity contribution in [3.8, 4) is 5.75 Å². The molecule has 0 spiro atoms. The average molecular weight is 684 g/mol. The minimum absolute atomic E-state index is 0.00981. The highest BCUT2D eigenvalue weighted by atomic mass is 32.2. The number of halogens is 1. The topological polar surface area (TPSA) is 125 Å². The van der Waals surface area contributed by atoms with Crippen LogP contribution in [0.5, 0.6) is 5.75 Å². The highest BCUT2D eigenvalue weighted by Crippen LogP contribution is 2.29. The molecule has 0 aliphatic carbocycles. The summed E-state index contributed by atoms with van der Waals surface area (Å²) in [5, 5.41) is 13.1.